The van der Waals surface area contributed by atoms with E-state index in [0.29, 0.717) is 5.41 Å². The number of benzene rings is 1. The number of fused-ring (bicyclic) bond motifs is 5. The third-order valence-corrected chi connectivity index (χ3v) is 6.29. The molecule has 2 atom stereocenters. The van der Waals surface area contributed by atoms with Crippen LogP contribution in [-0.4, -0.2) is 36.6 Å². The van der Waals surface area contributed by atoms with Crippen molar-refractivity contribution in [2.75, 3.05) is 26.7 Å². The largest absolute Gasteiger partial charge is 0.495 e. The highest BCUT2D eigenvalue weighted by Gasteiger charge is 2.35. The van der Waals surface area contributed by atoms with Gasteiger partial charge in [0.2, 0.25) is 0 Å². The number of nitrogens with zero attached hydrogens (tertiary/aromatic N) is 1. The third kappa shape index (κ3) is 2.55. The summed E-state index contributed by atoms with van der Waals surface area (Å²) in [6.45, 7) is 6.16. The van der Waals surface area contributed by atoms with Crippen molar-refractivity contribution in [2.24, 2.45) is 5.41 Å². The molecule has 0 saturated carbocycles. The van der Waals surface area contributed by atoms with Crippen molar-refractivity contribution in [3.63, 3.8) is 0 Å². The summed E-state index contributed by atoms with van der Waals surface area (Å²) in [6.07, 6.45) is 7.72. The molecule has 2 aliphatic heterocycles. The van der Waals surface area contributed by atoms with Crippen LogP contribution in [0.25, 0.3) is 10.9 Å². The molecule has 4 rings (SSSR count). The molecule has 3 heterocycles. The van der Waals surface area contributed by atoms with Gasteiger partial charge in [-0.1, -0.05) is 19.1 Å². The Labute approximate surface area is 139 Å². The maximum atomic E-state index is 5.57. The molecular formula is C20H28N2O. The number of aryl methyl sites for hydroxylation is 1. The zero-order valence-electron chi connectivity index (χ0n) is 14.5. The van der Waals surface area contributed by atoms with E-state index in [1.165, 1.54) is 73.9 Å². The monoisotopic (exact) mass is 312 g/mol. The van der Waals surface area contributed by atoms with Crippen molar-refractivity contribution in [1.29, 1.82) is 0 Å². The molecule has 1 saturated heterocycles. The van der Waals surface area contributed by atoms with Gasteiger partial charge in [0.1, 0.15) is 5.75 Å². The van der Waals surface area contributed by atoms with Crippen molar-refractivity contribution < 1.29 is 4.74 Å². The molecule has 2 aromatic rings. The lowest BCUT2D eigenvalue weighted by Crippen LogP contribution is -2.43. The summed E-state index contributed by atoms with van der Waals surface area (Å²) < 4.78 is 5.57. The molecule has 0 spiro atoms. The van der Waals surface area contributed by atoms with Gasteiger partial charge in [0.25, 0.3) is 0 Å². The van der Waals surface area contributed by atoms with Crippen LogP contribution in [0, 0.1) is 5.41 Å². The molecule has 23 heavy (non-hydrogen) atoms. The molecule has 1 fully saturated rings. The number of H-pyrrole nitrogens is 1. The number of piperidine rings is 1. The van der Waals surface area contributed by atoms with Gasteiger partial charge in [-0.15, -0.1) is 0 Å². The predicted molar refractivity (Wildman–Crippen MR) is 95.3 cm³/mol. The standard InChI is InChI=1S/C20H28N2O/c1-3-20-10-5-12-22(14-20)13-9-15-16-6-4-7-18(23-2)19(16)21-17(15)8-11-20/h4,6-7,21H,3,5,8-14H2,1-2H3/t20-/m1/s1. The molecule has 0 aliphatic carbocycles. The minimum Gasteiger partial charge on any atom is -0.495 e. The van der Waals surface area contributed by atoms with E-state index in [0.717, 1.165) is 12.2 Å². The number of hydrogen-bond donors (Lipinski definition) is 1. The fourth-order valence-corrected chi connectivity index (χ4v) is 4.80. The summed E-state index contributed by atoms with van der Waals surface area (Å²) >= 11 is 0. The van der Waals surface area contributed by atoms with Gasteiger partial charge in [0.15, 0.2) is 0 Å². The molecule has 3 nitrogen and oxygen atoms in total. The second-order valence-corrected chi connectivity index (χ2v) is 7.45. The minimum atomic E-state index is 0.529. The highest BCUT2D eigenvalue weighted by atomic mass is 16.5. The lowest BCUT2D eigenvalue weighted by molar-refractivity contribution is 0.0789. The van der Waals surface area contributed by atoms with Gasteiger partial charge in [-0.2, -0.15) is 0 Å². The SMILES string of the molecule is CC[C@@]12CCCN(CCc3c([nH]c4c(OC)cccc34)CC1)C2. The van der Waals surface area contributed by atoms with Gasteiger partial charge >= 0.3 is 0 Å². The number of para-hydroxylation sites is 1. The van der Waals surface area contributed by atoms with Crippen LogP contribution in [0.2, 0.25) is 0 Å². The Balaban J connectivity index is 1.77. The lowest BCUT2D eigenvalue weighted by atomic mass is 9.74. The number of rotatable bonds is 2. The van der Waals surface area contributed by atoms with Crippen molar-refractivity contribution >= 4 is 10.9 Å². The molecule has 1 N–H and O–H groups in total. The predicted octanol–water partition coefficient (Wildman–Crippen LogP) is 4.16. The van der Waals surface area contributed by atoms with E-state index in [2.05, 4.69) is 35.0 Å². The van der Waals surface area contributed by atoms with Gasteiger partial charge < -0.3 is 14.6 Å². The summed E-state index contributed by atoms with van der Waals surface area (Å²) in [5.74, 6) is 0.970. The summed E-state index contributed by atoms with van der Waals surface area (Å²) in [6, 6.07) is 6.43. The Bertz CT molecular complexity index is 705. The van der Waals surface area contributed by atoms with Crippen LogP contribution in [0.5, 0.6) is 5.75 Å². The first-order valence-corrected chi connectivity index (χ1v) is 9.13. The molecule has 0 amide bonds. The molecule has 124 valence electrons. The number of aromatic nitrogens is 1. The molecular weight excluding hydrogens is 284 g/mol. The van der Waals surface area contributed by atoms with E-state index in [1.807, 2.05) is 0 Å². The first-order chi connectivity index (χ1) is 11.2. The quantitative estimate of drug-likeness (QED) is 0.902. The van der Waals surface area contributed by atoms with E-state index in [4.69, 9.17) is 4.74 Å². The van der Waals surface area contributed by atoms with Crippen LogP contribution in [0.3, 0.4) is 0 Å². The maximum Gasteiger partial charge on any atom is 0.142 e. The summed E-state index contributed by atoms with van der Waals surface area (Å²) in [7, 11) is 1.76. The van der Waals surface area contributed by atoms with E-state index in [-0.39, 0.29) is 0 Å². The fraction of sp³-hybridized carbons (Fsp3) is 0.600. The van der Waals surface area contributed by atoms with Crippen LogP contribution in [0.15, 0.2) is 18.2 Å². The Morgan fingerprint density at radius 1 is 1.22 bits per heavy atom. The van der Waals surface area contributed by atoms with Crippen LogP contribution >= 0.6 is 0 Å². The smallest absolute Gasteiger partial charge is 0.142 e. The number of methoxy groups -OCH3 is 1. The Kier molecular flexibility index (Phi) is 3.84. The topological polar surface area (TPSA) is 28.3 Å². The third-order valence-electron chi connectivity index (χ3n) is 6.29. The Morgan fingerprint density at radius 2 is 2.13 bits per heavy atom. The fourth-order valence-electron chi connectivity index (χ4n) is 4.80. The minimum absolute atomic E-state index is 0.529. The van der Waals surface area contributed by atoms with Crippen LogP contribution in [-0.2, 0) is 12.8 Å². The number of aromatic amines is 1. The average Bonchev–Trinajstić information content (AvgIpc) is 2.97. The summed E-state index contributed by atoms with van der Waals surface area (Å²) in [5.41, 5.74) is 4.69. The van der Waals surface area contributed by atoms with Crippen LogP contribution in [0.1, 0.15) is 43.9 Å². The van der Waals surface area contributed by atoms with E-state index in [1.54, 1.807) is 7.11 Å². The highest BCUT2D eigenvalue weighted by Crippen LogP contribution is 2.40. The first kappa shape index (κ1) is 15.1. The van der Waals surface area contributed by atoms with Crippen molar-refractivity contribution in [3.8, 4) is 5.75 Å². The molecule has 0 radical (unpaired) electrons. The average molecular weight is 312 g/mol. The lowest BCUT2D eigenvalue weighted by Gasteiger charge is -2.42. The molecule has 1 aromatic heterocycles. The number of ether oxygens (including phenoxy) is 1. The molecule has 1 aromatic carbocycles. The van der Waals surface area contributed by atoms with Gasteiger partial charge in [-0.3, -0.25) is 0 Å². The second-order valence-electron chi connectivity index (χ2n) is 7.45. The van der Waals surface area contributed by atoms with Gasteiger partial charge in [0, 0.05) is 24.2 Å². The molecule has 2 aliphatic rings. The van der Waals surface area contributed by atoms with Gasteiger partial charge in [0.05, 0.1) is 12.6 Å². The Morgan fingerprint density at radius 3 is 2.96 bits per heavy atom. The normalized spacial score (nSPS) is 27.8. The van der Waals surface area contributed by atoms with Crippen LogP contribution in [0.4, 0.5) is 0 Å². The highest BCUT2D eigenvalue weighted by molar-refractivity contribution is 5.89. The van der Waals surface area contributed by atoms with Gasteiger partial charge in [-0.25, -0.2) is 0 Å². The van der Waals surface area contributed by atoms with E-state index >= 15 is 0 Å². The molecule has 3 heteroatoms. The molecule has 2 bridgehead atoms. The van der Waals surface area contributed by atoms with Crippen LogP contribution < -0.4 is 4.74 Å². The van der Waals surface area contributed by atoms with Crippen molar-refractivity contribution in [3.05, 3.63) is 29.5 Å². The first-order valence-electron chi connectivity index (χ1n) is 9.13. The number of nitrogens with one attached hydrogen (secondary N) is 1. The zero-order chi connectivity index (χ0) is 15.9. The molecule has 1 unspecified atom stereocenters. The second kappa shape index (κ2) is 5.86. The zero-order valence-corrected chi connectivity index (χ0v) is 14.5. The summed E-state index contributed by atoms with van der Waals surface area (Å²) in [5, 5.41) is 1.36. The van der Waals surface area contributed by atoms with E-state index < -0.39 is 0 Å². The van der Waals surface area contributed by atoms with Gasteiger partial charge in [-0.05, 0) is 62.1 Å². The summed E-state index contributed by atoms with van der Waals surface area (Å²) in [4.78, 5) is 6.42. The van der Waals surface area contributed by atoms with E-state index in [9.17, 15) is 0 Å². The number of hydrogen-bond acceptors (Lipinski definition) is 2. The van der Waals surface area contributed by atoms with Crippen molar-refractivity contribution in [2.45, 2.75) is 45.4 Å². The van der Waals surface area contributed by atoms with Crippen molar-refractivity contribution in [1.82, 2.24) is 9.88 Å². The maximum absolute atomic E-state index is 5.57. The Hall–Kier alpha value is -1.48.